The van der Waals surface area contributed by atoms with Gasteiger partial charge < -0.3 is 76.4 Å². The van der Waals surface area contributed by atoms with E-state index < -0.39 is 72.4 Å². The molecule has 5 amide bonds. The van der Waals surface area contributed by atoms with E-state index in [1.807, 2.05) is 0 Å². The largest absolute Gasteiger partial charge is 0.492 e. The summed E-state index contributed by atoms with van der Waals surface area (Å²) in [5.74, 6) is -8.81. The Hall–Kier alpha value is -5.95. The summed E-state index contributed by atoms with van der Waals surface area (Å²) in [6.07, 6.45) is -2.44. The third-order valence-corrected chi connectivity index (χ3v) is 7.81. The number of carbonyl (C=O) groups is 9. The number of carboxylic acid groups (broad SMARTS) is 4. The van der Waals surface area contributed by atoms with Crippen LogP contribution >= 0.6 is 0 Å². The van der Waals surface area contributed by atoms with Crippen molar-refractivity contribution in [3.63, 3.8) is 0 Å². The number of nitrogens with two attached hydrogens (primary N) is 1. The highest BCUT2D eigenvalue weighted by Crippen LogP contribution is 2.18. The molecule has 1 aromatic carbocycles. The Bertz CT molecular complexity index is 1510. The van der Waals surface area contributed by atoms with E-state index in [1.165, 1.54) is 18.2 Å². The fourth-order valence-corrected chi connectivity index (χ4v) is 4.77. The van der Waals surface area contributed by atoms with Gasteiger partial charge in [0.1, 0.15) is 24.4 Å². The van der Waals surface area contributed by atoms with Crippen LogP contribution in [0.3, 0.4) is 0 Å². The summed E-state index contributed by atoms with van der Waals surface area (Å²) in [5, 5.41) is 48.1. The number of rotatable bonds is 36. The average molecular weight is 873 g/mol. The van der Waals surface area contributed by atoms with Gasteiger partial charge in [-0.3, -0.25) is 33.6 Å². The molecule has 0 aliphatic rings. The third-order valence-electron chi connectivity index (χ3n) is 7.81. The Morgan fingerprint density at radius 2 is 0.918 bits per heavy atom. The maximum absolute atomic E-state index is 13.1. The smallest absolute Gasteiger partial charge is 0.326 e. The van der Waals surface area contributed by atoms with Gasteiger partial charge in [-0.15, -0.1) is 0 Å². The van der Waals surface area contributed by atoms with Gasteiger partial charge in [0.05, 0.1) is 59.4 Å². The zero-order valence-electron chi connectivity index (χ0n) is 33.6. The van der Waals surface area contributed by atoms with E-state index >= 15 is 0 Å². The minimum absolute atomic E-state index is 0.0154. The Balaban J connectivity index is 2.75. The molecule has 24 heteroatoms. The second-order valence-electron chi connectivity index (χ2n) is 12.7. The lowest BCUT2D eigenvalue weighted by atomic mass is 10.1. The monoisotopic (exact) mass is 872 g/mol. The van der Waals surface area contributed by atoms with Crippen molar-refractivity contribution in [2.24, 2.45) is 5.73 Å². The molecule has 0 aromatic heterocycles. The minimum Gasteiger partial charge on any atom is -0.492 e. The van der Waals surface area contributed by atoms with Gasteiger partial charge in [-0.2, -0.15) is 0 Å². The number of nitrogens with one attached hydrogen (secondary N) is 5. The first-order valence-electron chi connectivity index (χ1n) is 19.2. The molecule has 24 nitrogen and oxygen atoms in total. The third kappa shape index (κ3) is 26.7. The van der Waals surface area contributed by atoms with Crippen molar-refractivity contribution in [1.82, 2.24) is 26.6 Å². The van der Waals surface area contributed by atoms with Crippen molar-refractivity contribution in [2.75, 3.05) is 85.6 Å². The molecule has 11 N–H and O–H groups in total. The van der Waals surface area contributed by atoms with Gasteiger partial charge in [-0.1, -0.05) is 0 Å². The summed E-state index contributed by atoms with van der Waals surface area (Å²) < 4.78 is 27.0. The van der Waals surface area contributed by atoms with Crippen LogP contribution in [-0.4, -0.2) is 172 Å². The van der Waals surface area contributed by atoms with Gasteiger partial charge in [0, 0.05) is 62.9 Å². The summed E-state index contributed by atoms with van der Waals surface area (Å²) >= 11 is 0. The Kier molecular flexibility index (Phi) is 27.8. The fraction of sp³-hybridized carbons (Fsp3) is 0.595. The van der Waals surface area contributed by atoms with Crippen LogP contribution in [-0.2, 0) is 52.5 Å². The van der Waals surface area contributed by atoms with Crippen LogP contribution in [0.5, 0.6) is 5.75 Å². The zero-order chi connectivity index (χ0) is 45.4. The predicted octanol–water partition coefficient (Wildman–Crippen LogP) is -2.30. The molecule has 0 saturated carbocycles. The highest BCUT2D eigenvalue weighted by atomic mass is 16.6. The van der Waals surface area contributed by atoms with Gasteiger partial charge in [-0.05, 0) is 31.0 Å². The van der Waals surface area contributed by atoms with Crippen molar-refractivity contribution in [1.29, 1.82) is 0 Å². The Morgan fingerprint density at radius 3 is 1.33 bits per heavy atom. The zero-order valence-corrected chi connectivity index (χ0v) is 33.6. The number of ether oxygens (including phenoxy) is 5. The molecule has 1 rings (SSSR count). The number of amides is 5. The van der Waals surface area contributed by atoms with Crippen LogP contribution in [0.1, 0.15) is 65.7 Å². The number of hydrogen-bond acceptors (Lipinski definition) is 15. The Labute approximate surface area is 350 Å². The van der Waals surface area contributed by atoms with Gasteiger partial charge in [0.25, 0.3) is 11.8 Å². The highest BCUT2D eigenvalue weighted by molar-refractivity contribution is 6.00. The normalized spacial score (nSPS) is 11.7. The lowest BCUT2D eigenvalue weighted by Crippen LogP contribution is -2.42. The summed E-state index contributed by atoms with van der Waals surface area (Å²) in [6.45, 7) is 2.57. The van der Waals surface area contributed by atoms with Crippen molar-refractivity contribution in [3.8, 4) is 5.75 Å². The molecule has 0 aliphatic heterocycles. The molecule has 61 heavy (non-hydrogen) atoms. The Morgan fingerprint density at radius 1 is 0.492 bits per heavy atom. The molecular formula is C37H56N6O18. The maximum atomic E-state index is 13.1. The highest BCUT2D eigenvalue weighted by Gasteiger charge is 2.23. The van der Waals surface area contributed by atoms with Crippen LogP contribution in [0.15, 0.2) is 18.2 Å². The molecule has 0 spiro atoms. The number of benzene rings is 1. The SMILES string of the molecule is NCCOCCOCCOCCOCCC(=O)NCCOc1cc(C(=O)NCCC(=O)NC(CCC(=O)O)C(=O)O)cc(C(=O)NCCC(=O)NC(CCC(=O)O)C(=O)O)c1. The van der Waals surface area contributed by atoms with Crippen molar-refractivity contribution < 1.29 is 87.3 Å². The molecule has 0 aliphatic carbocycles. The number of carbonyl (C=O) groups excluding carboxylic acids is 5. The molecular weight excluding hydrogens is 816 g/mol. The van der Waals surface area contributed by atoms with Gasteiger partial charge in [0.15, 0.2) is 0 Å². The number of hydrogen-bond donors (Lipinski definition) is 10. The topological polar surface area (TPSA) is 367 Å². The summed E-state index contributed by atoms with van der Waals surface area (Å²) in [5.41, 5.74) is 5.10. The van der Waals surface area contributed by atoms with E-state index in [0.717, 1.165) is 0 Å². The van der Waals surface area contributed by atoms with Crippen LogP contribution in [0, 0.1) is 0 Å². The quantitative estimate of drug-likeness (QED) is 0.0317. The first-order chi connectivity index (χ1) is 29.1. The molecule has 0 radical (unpaired) electrons. The summed E-state index contributed by atoms with van der Waals surface area (Å²) in [7, 11) is 0. The molecule has 2 atom stereocenters. The van der Waals surface area contributed by atoms with E-state index in [9.17, 15) is 53.4 Å². The molecule has 1 aromatic rings. The van der Waals surface area contributed by atoms with E-state index in [4.69, 9.17) is 39.6 Å². The van der Waals surface area contributed by atoms with Crippen LogP contribution in [0.4, 0.5) is 0 Å². The molecule has 342 valence electrons. The maximum Gasteiger partial charge on any atom is 0.326 e. The molecule has 2 unspecified atom stereocenters. The second-order valence-corrected chi connectivity index (χ2v) is 12.7. The molecule has 0 saturated heterocycles. The van der Waals surface area contributed by atoms with Crippen LogP contribution < -0.4 is 37.1 Å². The van der Waals surface area contributed by atoms with Gasteiger partial charge in [-0.25, -0.2) is 9.59 Å². The van der Waals surface area contributed by atoms with Crippen molar-refractivity contribution in [2.45, 2.75) is 57.0 Å². The number of carboxylic acids is 4. The lowest BCUT2D eigenvalue weighted by Gasteiger charge is -2.15. The molecule has 0 heterocycles. The van der Waals surface area contributed by atoms with E-state index in [1.54, 1.807) is 0 Å². The first kappa shape index (κ1) is 53.1. The van der Waals surface area contributed by atoms with E-state index in [2.05, 4.69) is 26.6 Å². The van der Waals surface area contributed by atoms with Crippen LogP contribution in [0.2, 0.25) is 0 Å². The van der Waals surface area contributed by atoms with Gasteiger partial charge >= 0.3 is 23.9 Å². The number of aliphatic carboxylic acids is 4. The predicted molar refractivity (Wildman–Crippen MR) is 209 cm³/mol. The van der Waals surface area contributed by atoms with Gasteiger partial charge in [0.2, 0.25) is 17.7 Å². The van der Waals surface area contributed by atoms with Crippen LogP contribution in [0.25, 0.3) is 0 Å². The van der Waals surface area contributed by atoms with Crippen molar-refractivity contribution in [3.05, 3.63) is 29.3 Å². The summed E-state index contributed by atoms with van der Waals surface area (Å²) in [4.78, 5) is 107. The van der Waals surface area contributed by atoms with E-state index in [0.29, 0.717) is 46.2 Å². The first-order valence-corrected chi connectivity index (χ1v) is 19.2. The standard InChI is InChI=1S/C37H56N6O18/c38-8-13-58-16-18-60-20-19-59-17-15-57-12-7-29(44)39-11-14-61-26-22-24(34(51)40-9-5-30(45)42-27(36(53)54)1-3-32(47)48)21-25(23-26)35(52)41-10-6-31(46)43-28(37(55)56)2-4-33(49)50/h21-23,27-28H,1-20,38H2,(H,39,44)(H,40,51)(H,41,52)(H,42,45)(H,43,46)(H,47,48)(H,49,50)(H,53,54)(H,55,56). The lowest BCUT2D eigenvalue weighted by molar-refractivity contribution is -0.144. The fourth-order valence-electron chi connectivity index (χ4n) is 4.77. The average Bonchev–Trinajstić information content (AvgIpc) is 3.20. The van der Waals surface area contributed by atoms with E-state index in [-0.39, 0.29) is 94.3 Å². The summed E-state index contributed by atoms with van der Waals surface area (Å²) in [6, 6.07) is 0.801. The van der Waals surface area contributed by atoms with Crippen molar-refractivity contribution >= 4 is 53.4 Å². The minimum atomic E-state index is -1.46. The molecule has 0 fully saturated rings. The molecule has 0 bridgehead atoms. The second kappa shape index (κ2) is 31.9.